The molecule has 0 bridgehead atoms. The summed E-state index contributed by atoms with van der Waals surface area (Å²) in [6.45, 7) is -1.18. The number of benzene rings is 4. The zero-order chi connectivity index (χ0) is 22.5. The molecule has 0 aliphatic heterocycles. The molecule has 0 aliphatic carbocycles. The van der Waals surface area contributed by atoms with E-state index < -0.39 is 13.6 Å². The minimum atomic E-state index is -0.595. The van der Waals surface area contributed by atoms with Crippen molar-refractivity contribution in [1.82, 2.24) is 0 Å². The van der Waals surface area contributed by atoms with Crippen molar-refractivity contribution in [3.63, 3.8) is 0 Å². The van der Waals surface area contributed by atoms with Gasteiger partial charge in [-0.3, -0.25) is 0 Å². The van der Waals surface area contributed by atoms with Crippen LogP contribution >= 0.6 is 0 Å². The lowest BCUT2D eigenvalue weighted by atomic mass is 9.96. The average Bonchev–Trinajstić information content (AvgIpc) is 2.83. The van der Waals surface area contributed by atoms with E-state index in [9.17, 15) is 10.2 Å². The molecule has 6 heteroatoms. The molecule has 0 amide bonds. The fraction of sp³-hybridized carbons (Fsp3) is 0.154. The highest BCUT2D eigenvalue weighted by molar-refractivity contribution is 6.08. The number of fused-ring (bicyclic) bond motifs is 2. The van der Waals surface area contributed by atoms with E-state index in [-0.39, 0.29) is 11.5 Å². The number of rotatable bonds is 8. The molecule has 0 saturated heterocycles. The van der Waals surface area contributed by atoms with Gasteiger partial charge in [0.05, 0.1) is 14.2 Å². The molecule has 6 nitrogen and oxygen atoms in total. The van der Waals surface area contributed by atoms with Crippen LogP contribution in [0.4, 0.5) is 0 Å². The van der Waals surface area contributed by atoms with Crippen molar-refractivity contribution in [2.24, 2.45) is 0 Å². The second-order valence-electron chi connectivity index (χ2n) is 6.97. The number of hydrogen-bond donors (Lipinski definition) is 2. The summed E-state index contributed by atoms with van der Waals surface area (Å²) in [6.07, 6.45) is 3.93. The van der Waals surface area contributed by atoms with Crippen molar-refractivity contribution >= 4 is 33.7 Å². The fourth-order valence-electron chi connectivity index (χ4n) is 3.90. The van der Waals surface area contributed by atoms with Gasteiger partial charge in [-0.05, 0) is 39.2 Å². The zero-order valence-corrected chi connectivity index (χ0v) is 17.9. The summed E-state index contributed by atoms with van der Waals surface area (Å²) in [5.74, 6) is 0.981. The summed E-state index contributed by atoms with van der Waals surface area (Å²) in [4.78, 5) is 0. The Morgan fingerprint density at radius 3 is 1.84 bits per heavy atom. The van der Waals surface area contributed by atoms with Crippen molar-refractivity contribution < 1.29 is 29.2 Å². The first-order chi connectivity index (χ1) is 15.7. The molecule has 4 rings (SSSR count). The van der Waals surface area contributed by atoms with Gasteiger partial charge in [-0.25, -0.2) is 0 Å². The number of aliphatic hydroxyl groups is 2. The maximum atomic E-state index is 9.38. The summed E-state index contributed by atoms with van der Waals surface area (Å²) in [6, 6.07) is 20.4. The Hall–Kier alpha value is -3.74. The maximum absolute atomic E-state index is 9.38. The molecule has 164 valence electrons. The van der Waals surface area contributed by atoms with Gasteiger partial charge in [0.2, 0.25) is 11.5 Å². The zero-order valence-electron chi connectivity index (χ0n) is 17.9. The summed E-state index contributed by atoms with van der Waals surface area (Å²) < 4.78 is 21.7. The minimum Gasteiger partial charge on any atom is -0.493 e. The van der Waals surface area contributed by atoms with Crippen LogP contribution in [0.25, 0.3) is 33.7 Å². The molecule has 4 aromatic rings. The highest BCUT2D eigenvalue weighted by Crippen LogP contribution is 2.47. The first-order valence-corrected chi connectivity index (χ1v) is 10.1. The largest absolute Gasteiger partial charge is 0.493 e. The van der Waals surface area contributed by atoms with Gasteiger partial charge in [-0.15, -0.1) is 0 Å². The van der Waals surface area contributed by atoms with Gasteiger partial charge in [-0.2, -0.15) is 0 Å². The molecule has 2 N–H and O–H groups in total. The van der Waals surface area contributed by atoms with Crippen LogP contribution in [0.3, 0.4) is 0 Å². The molecule has 0 aliphatic rings. The third kappa shape index (κ3) is 3.93. The first-order valence-electron chi connectivity index (χ1n) is 10.1. The van der Waals surface area contributed by atoms with Crippen LogP contribution in [0, 0.1) is 0 Å². The molecular formula is C26H24O6. The third-order valence-corrected chi connectivity index (χ3v) is 5.27. The minimum absolute atomic E-state index is 0.144. The molecular weight excluding hydrogens is 408 g/mol. The van der Waals surface area contributed by atoms with Crippen molar-refractivity contribution in [2.45, 2.75) is 0 Å². The standard InChI is InChI=1S/C26H24O6/c1-29-23-14-19(24(30-2)26(32-16-28)25(23)31-15-27)11-12-22-20-9-5-3-7-17(20)13-18-8-4-6-10-21(18)22/h3-14,27-28H,15-16H2,1-2H3/b12-11+. The normalized spacial score (nSPS) is 11.2. The van der Waals surface area contributed by atoms with E-state index in [1.54, 1.807) is 6.07 Å². The number of methoxy groups -OCH3 is 2. The summed E-state index contributed by atoms with van der Waals surface area (Å²) in [7, 11) is 2.99. The Balaban J connectivity index is 1.93. The van der Waals surface area contributed by atoms with Gasteiger partial charge in [0.15, 0.2) is 25.1 Å². The Morgan fingerprint density at radius 2 is 1.28 bits per heavy atom. The van der Waals surface area contributed by atoms with Crippen LogP contribution < -0.4 is 18.9 Å². The predicted octanol–water partition coefficient (Wildman–Crippen LogP) is 4.84. The predicted molar refractivity (Wildman–Crippen MR) is 125 cm³/mol. The van der Waals surface area contributed by atoms with E-state index in [2.05, 4.69) is 30.3 Å². The van der Waals surface area contributed by atoms with Gasteiger partial charge in [0.25, 0.3) is 0 Å². The Labute approximate surface area is 185 Å². The lowest BCUT2D eigenvalue weighted by Gasteiger charge is -2.18. The van der Waals surface area contributed by atoms with Crippen molar-refractivity contribution in [1.29, 1.82) is 0 Å². The van der Waals surface area contributed by atoms with Crippen molar-refractivity contribution in [3.8, 4) is 23.0 Å². The smallest absolute Gasteiger partial charge is 0.210 e. The molecule has 4 aromatic carbocycles. The van der Waals surface area contributed by atoms with Gasteiger partial charge in [-0.1, -0.05) is 60.7 Å². The van der Waals surface area contributed by atoms with Crippen molar-refractivity contribution in [2.75, 3.05) is 27.8 Å². The van der Waals surface area contributed by atoms with E-state index in [1.807, 2.05) is 36.4 Å². The van der Waals surface area contributed by atoms with E-state index in [1.165, 1.54) is 14.2 Å². The highest BCUT2D eigenvalue weighted by Gasteiger charge is 2.22. The van der Waals surface area contributed by atoms with Crippen LogP contribution in [0.1, 0.15) is 11.1 Å². The van der Waals surface area contributed by atoms with Gasteiger partial charge in [0, 0.05) is 5.56 Å². The molecule has 0 saturated carbocycles. The number of ether oxygens (including phenoxy) is 4. The first kappa shape index (κ1) is 21.5. The highest BCUT2D eigenvalue weighted by atomic mass is 16.6. The lowest BCUT2D eigenvalue weighted by molar-refractivity contribution is 0.0699. The van der Waals surface area contributed by atoms with Gasteiger partial charge in [0.1, 0.15) is 0 Å². The van der Waals surface area contributed by atoms with E-state index >= 15 is 0 Å². The monoisotopic (exact) mass is 432 g/mol. The van der Waals surface area contributed by atoms with E-state index in [0.29, 0.717) is 17.1 Å². The Kier molecular flexibility index (Phi) is 6.44. The van der Waals surface area contributed by atoms with Crippen LogP contribution in [0.15, 0.2) is 60.7 Å². The number of hydrogen-bond acceptors (Lipinski definition) is 6. The maximum Gasteiger partial charge on any atom is 0.210 e. The van der Waals surface area contributed by atoms with Gasteiger partial charge >= 0.3 is 0 Å². The van der Waals surface area contributed by atoms with Gasteiger partial charge < -0.3 is 29.2 Å². The quantitative estimate of drug-likeness (QED) is 0.236. The molecule has 0 aromatic heterocycles. The van der Waals surface area contributed by atoms with Crippen LogP contribution in [0.5, 0.6) is 23.0 Å². The summed E-state index contributed by atoms with van der Waals surface area (Å²) in [5.41, 5.74) is 1.73. The third-order valence-electron chi connectivity index (χ3n) is 5.27. The Morgan fingerprint density at radius 1 is 0.688 bits per heavy atom. The van der Waals surface area contributed by atoms with E-state index in [0.717, 1.165) is 27.1 Å². The molecule has 0 radical (unpaired) electrons. The summed E-state index contributed by atoms with van der Waals surface area (Å²) in [5, 5.41) is 23.2. The molecule has 0 spiro atoms. The molecule has 0 heterocycles. The van der Waals surface area contributed by atoms with Crippen LogP contribution in [-0.4, -0.2) is 38.0 Å². The SMILES string of the molecule is COc1cc(/C=C/c2c3ccccc3cc3ccccc23)c(OC)c(OCO)c1OCO. The second kappa shape index (κ2) is 9.60. The fourth-order valence-corrected chi connectivity index (χ4v) is 3.90. The average molecular weight is 432 g/mol. The summed E-state index contributed by atoms with van der Waals surface area (Å²) >= 11 is 0. The molecule has 0 fully saturated rings. The van der Waals surface area contributed by atoms with Crippen LogP contribution in [0.2, 0.25) is 0 Å². The second-order valence-corrected chi connectivity index (χ2v) is 6.97. The molecule has 0 atom stereocenters. The topological polar surface area (TPSA) is 77.4 Å². The Bertz CT molecular complexity index is 1220. The lowest BCUT2D eigenvalue weighted by Crippen LogP contribution is -2.05. The van der Waals surface area contributed by atoms with Crippen molar-refractivity contribution in [3.05, 3.63) is 71.8 Å². The van der Waals surface area contributed by atoms with E-state index in [4.69, 9.17) is 18.9 Å². The molecule has 0 unspecified atom stereocenters. The van der Waals surface area contributed by atoms with Crippen LogP contribution in [-0.2, 0) is 0 Å². The number of aliphatic hydroxyl groups excluding tert-OH is 2. The molecule has 32 heavy (non-hydrogen) atoms.